The van der Waals surface area contributed by atoms with Gasteiger partial charge in [-0.25, -0.2) is 0 Å². The molecular formula is C9H20N2O. The van der Waals surface area contributed by atoms with Crippen LogP contribution >= 0.6 is 0 Å². The Labute approximate surface area is 75.2 Å². The van der Waals surface area contributed by atoms with Gasteiger partial charge in [0.2, 0.25) is 0 Å². The van der Waals surface area contributed by atoms with Crippen molar-refractivity contribution in [3.05, 3.63) is 12.5 Å². The number of nitrogens with one attached hydrogen (secondary N) is 2. The van der Waals surface area contributed by atoms with Crippen molar-refractivity contribution in [2.24, 2.45) is 0 Å². The van der Waals surface area contributed by atoms with E-state index in [0.29, 0.717) is 5.88 Å². The molecule has 0 radical (unpaired) electrons. The van der Waals surface area contributed by atoms with Gasteiger partial charge < -0.3 is 15.4 Å². The van der Waals surface area contributed by atoms with Crippen molar-refractivity contribution in [1.29, 1.82) is 0 Å². The molecule has 72 valence electrons. The van der Waals surface area contributed by atoms with Gasteiger partial charge in [0.1, 0.15) is 0 Å². The fourth-order valence-corrected chi connectivity index (χ4v) is 0.769. The van der Waals surface area contributed by atoms with Crippen molar-refractivity contribution in [3.8, 4) is 0 Å². The second kappa shape index (κ2) is 8.40. The maximum Gasteiger partial charge on any atom is 0.179 e. The fourth-order valence-electron chi connectivity index (χ4n) is 0.769. The molecule has 0 aromatic rings. The normalized spacial score (nSPS) is 9.50. The first-order valence-electron chi connectivity index (χ1n) is 4.51. The predicted octanol–water partition coefficient (Wildman–Crippen LogP) is 1.08. The molecule has 0 rings (SSSR count). The summed E-state index contributed by atoms with van der Waals surface area (Å²) in [5.41, 5.74) is 0. The lowest BCUT2D eigenvalue weighted by Crippen LogP contribution is -2.20. The molecule has 0 aliphatic heterocycles. The number of hydrogen-bond acceptors (Lipinski definition) is 3. The lowest BCUT2D eigenvalue weighted by atomic mass is 10.4. The Hall–Kier alpha value is -0.700. The lowest BCUT2D eigenvalue weighted by molar-refractivity contribution is 0.192. The topological polar surface area (TPSA) is 33.3 Å². The van der Waals surface area contributed by atoms with Crippen LogP contribution in [0.15, 0.2) is 12.5 Å². The minimum Gasteiger partial charge on any atom is -0.480 e. The van der Waals surface area contributed by atoms with E-state index in [4.69, 9.17) is 4.74 Å². The molecule has 2 N–H and O–H groups in total. The zero-order chi connectivity index (χ0) is 9.23. The third-order valence-corrected chi connectivity index (χ3v) is 1.41. The highest BCUT2D eigenvalue weighted by molar-refractivity contribution is 4.78. The summed E-state index contributed by atoms with van der Waals surface area (Å²) >= 11 is 0. The van der Waals surface area contributed by atoms with Crippen LogP contribution in [0, 0.1) is 0 Å². The van der Waals surface area contributed by atoms with Crippen molar-refractivity contribution in [1.82, 2.24) is 10.6 Å². The summed E-state index contributed by atoms with van der Waals surface area (Å²) in [6, 6.07) is 0. The largest absolute Gasteiger partial charge is 0.480 e. The second-order valence-electron chi connectivity index (χ2n) is 2.66. The van der Waals surface area contributed by atoms with Gasteiger partial charge in [0.15, 0.2) is 5.88 Å². The van der Waals surface area contributed by atoms with Crippen molar-refractivity contribution in [3.63, 3.8) is 0 Å². The van der Waals surface area contributed by atoms with Gasteiger partial charge in [-0.2, -0.15) is 0 Å². The molecule has 0 aliphatic rings. The molecule has 3 heteroatoms. The Balaban J connectivity index is 3.08. The van der Waals surface area contributed by atoms with Crippen LogP contribution in [0.25, 0.3) is 0 Å². The van der Waals surface area contributed by atoms with Crippen LogP contribution in [0.2, 0.25) is 0 Å². The summed E-state index contributed by atoms with van der Waals surface area (Å²) in [6.07, 6.45) is 2.11. The van der Waals surface area contributed by atoms with Crippen LogP contribution in [0.3, 0.4) is 0 Å². The molecule has 0 fully saturated rings. The Bertz CT molecular complexity index is 115. The SMILES string of the molecule is C=C(NCCCNC)OCCC. The van der Waals surface area contributed by atoms with Crippen molar-refractivity contribution >= 4 is 0 Å². The quantitative estimate of drug-likeness (QED) is 0.424. The Morgan fingerprint density at radius 2 is 2.17 bits per heavy atom. The maximum atomic E-state index is 5.25. The summed E-state index contributed by atoms with van der Waals surface area (Å²) in [7, 11) is 1.95. The summed E-state index contributed by atoms with van der Waals surface area (Å²) < 4.78 is 5.25. The minimum atomic E-state index is 0.688. The molecule has 0 heterocycles. The third kappa shape index (κ3) is 7.41. The van der Waals surface area contributed by atoms with E-state index in [1.807, 2.05) is 7.05 Å². The second-order valence-corrected chi connectivity index (χ2v) is 2.66. The molecule has 12 heavy (non-hydrogen) atoms. The van der Waals surface area contributed by atoms with Crippen molar-refractivity contribution in [2.75, 3.05) is 26.7 Å². The van der Waals surface area contributed by atoms with E-state index in [1.54, 1.807) is 0 Å². The average Bonchev–Trinajstić information content (AvgIpc) is 2.09. The molecular weight excluding hydrogens is 152 g/mol. The molecule has 0 spiro atoms. The summed E-state index contributed by atoms with van der Waals surface area (Å²) in [5.74, 6) is 0.688. The van der Waals surface area contributed by atoms with E-state index in [0.717, 1.165) is 32.5 Å². The van der Waals surface area contributed by atoms with Gasteiger partial charge in [-0.15, -0.1) is 0 Å². The van der Waals surface area contributed by atoms with E-state index in [2.05, 4.69) is 24.1 Å². The van der Waals surface area contributed by atoms with E-state index >= 15 is 0 Å². The first-order chi connectivity index (χ1) is 5.81. The van der Waals surface area contributed by atoms with Gasteiger partial charge in [0.05, 0.1) is 6.61 Å². The van der Waals surface area contributed by atoms with Gasteiger partial charge in [0, 0.05) is 6.54 Å². The highest BCUT2D eigenvalue weighted by atomic mass is 16.5. The van der Waals surface area contributed by atoms with Crippen LogP contribution in [0.5, 0.6) is 0 Å². The highest BCUT2D eigenvalue weighted by Crippen LogP contribution is 1.89. The van der Waals surface area contributed by atoms with Crippen molar-refractivity contribution < 1.29 is 4.74 Å². The maximum absolute atomic E-state index is 5.25. The van der Waals surface area contributed by atoms with E-state index < -0.39 is 0 Å². The molecule has 0 unspecified atom stereocenters. The number of ether oxygens (including phenoxy) is 1. The van der Waals surface area contributed by atoms with Crippen LogP contribution in [-0.2, 0) is 4.74 Å². The molecule has 3 nitrogen and oxygen atoms in total. The lowest BCUT2D eigenvalue weighted by Gasteiger charge is -2.09. The smallest absolute Gasteiger partial charge is 0.179 e. The van der Waals surface area contributed by atoms with Gasteiger partial charge in [-0.1, -0.05) is 6.92 Å². The average molecular weight is 172 g/mol. The zero-order valence-electron chi connectivity index (χ0n) is 8.15. The van der Waals surface area contributed by atoms with Gasteiger partial charge in [-0.3, -0.25) is 0 Å². The molecule has 0 aliphatic carbocycles. The summed E-state index contributed by atoms with van der Waals surface area (Å²) in [5, 5.41) is 6.17. The van der Waals surface area contributed by atoms with Gasteiger partial charge in [-0.05, 0) is 33.0 Å². The predicted molar refractivity (Wildman–Crippen MR) is 51.9 cm³/mol. The molecule has 0 aromatic carbocycles. The van der Waals surface area contributed by atoms with E-state index in [9.17, 15) is 0 Å². The third-order valence-electron chi connectivity index (χ3n) is 1.41. The summed E-state index contributed by atoms with van der Waals surface area (Å²) in [6.45, 7) is 8.50. The van der Waals surface area contributed by atoms with Gasteiger partial charge in [0.25, 0.3) is 0 Å². The van der Waals surface area contributed by atoms with E-state index in [-0.39, 0.29) is 0 Å². The Morgan fingerprint density at radius 3 is 2.75 bits per heavy atom. The van der Waals surface area contributed by atoms with Crippen LogP contribution < -0.4 is 10.6 Å². The van der Waals surface area contributed by atoms with Crippen LogP contribution in [0.4, 0.5) is 0 Å². The van der Waals surface area contributed by atoms with Crippen LogP contribution in [-0.4, -0.2) is 26.7 Å². The highest BCUT2D eigenvalue weighted by Gasteiger charge is 1.91. The Kier molecular flexibility index (Phi) is 7.91. The number of rotatable bonds is 8. The molecule has 0 saturated carbocycles. The molecule has 0 saturated heterocycles. The molecule has 0 aromatic heterocycles. The molecule has 0 atom stereocenters. The molecule has 0 amide bonds. The van der Waals surface area contributed by atoms with E-state index in [1.165, 1.54) is 0 Å². The zero-order valence-corrected chi connectivity index (χ0v) is 8.15. The Morgan fingerprint density at radius 1 is 1.42 bits per heavy atom. The van der Waals surface area contributed by atoms with Crippen molar-refractivity contribution in [2.45, 2.75) is 19.8 Å². The number of hydrogen-bond donors (Lipinski definition) is 2. The fraction of sp³-hybridized carbons (Fsp3) is 0.778. The van der Waals surface area contributed by atoms with Gasteiger partial charge >= 0.3 is 0 Å². The minimum absolute atomic E-state index is 0.688. The first kappa shape index (κ1) is 11.3. The first-order valence-corrected chi connectivity index (χ1v) is 4.51. The van der Waals surface area contributed by atoms with Crippen LogP contribution in [0.1, 0.15) is 19.8 Å². The molecule has 0 bridgehead atoms. The summed E-state index contributed by atoms with van der Waals surface area (Å²) in [4.78, 5) is 0. The standard InChI is InChI=1S/C9H20N2O/c1-4-8-12-9(2)11-7-5-6-10-3/h10-11H,2,4-8H2,1,3H3. The monoisotopic (exact) mass is 172 g/mol.